The smallest absolute Gasteiger partial charge is 0.160 e. The Labute approximate surface area is 101 Å². The summed E-state index contributed by atoms with van der Waals surface area (Å²) in [6.07, 6.45) is 4.42. The molecule has 0 aliphatic heterocycles. The van der Waals surface area contributed by atoms with Crippen molar-refractivity contribution in [2.24, 2.45) is 5.92 Å². The molecule has 0 unspecified atom stereocenters. The molecule has 0 aromatic carbocycles. The van der Waals surface area contributed by atoms with Gasteiger partial charge in [-0.2, -0.15) is 9.61 Å². The first-order valence-corrected chi connectivity index (χ1v) is 6.11. The van der Waals surface area contributed by atoms with Crippen LogP contribution in [0.5, 0.6) is 0 Å². The number of hydrogen-bond acceptors (Lipinski definition) is 3. The van der Waals surface area contributed by atoms with Crippen LogP contribution in [0.4, 0.5) is 5.82 Å². The molecule has 1 aliphatic carbocycles. The second-order valence-electron chi connectivity index (χ2n) is 5.63. The molecular formula is C13H18N4. The minimum Gasteiger partial charge on any atom is -0.384 e. The van der Waals surface area contributed by atoms with Crippen LogP contribution in [0, 0.1) is 12.8 Å². The highest BCUT2D eigenvalue weighted by molar-refractivity contribution is 5.53. The van der Waals surface area contributed by atoms with Gasteiger partial charge in [-0.1, -0.05) is 13.8 Å². The number of nitrogens with zero attached hydrogens (tertiary/aromatic N) is 3. The number of fused-ring (bicyclic) bond motifs is 1. The molecule has 0 saturated heterocycles. The van der Waals surface area contributed by atoms with E-state index in [-0.39, 0.29) is 5.41 Å². The van der Waals surface area contributed by atoms with E-state index in [0.29, 0.717) is 5.82 Å². The maximum absolute atomic E-state index is 6.05. The zero-order chi connectivity index (χ0) is 12.2. The van der Waals surface area contributed by atoms with Crippen molar-refractivity contribution in [2.45, 2.75) is 39.0 Å². The number of anilines is 1. The van der Waals surface area contributed by atoms with Gasteiger partial charge in [0.25, 0.3) is 0 Å². The number of hydrogen-bond donors (Lipinski definition) is 1. The van der Waals surface area contributed by atoms with Crippen molar-refractivity contribution < 1.29 is 0 Å². The Balaban J connectivity index is 2.20. The second-order valence-corrected chi connectivity index (χ2v) is 5.63. The number of aromatic nitrogens is 3. The fourth-order valence-electron chi connectivity index (χ4n) is 2.44. The van der Waals surface area contributed by atoms with Gasteiger partial charge in [0.05, 0.1) is 11.9 Å². The van der Waals surface area contributed by atoms with Gasteiger partial charge in [-0.05, 0) is 25.7 Å². The summed E-state index contributed by atoms with van der Waals surface area (Å²) in [6, 6.07) is 1.97. The summed E-state index contributed by atoms with van der Waals surface area (Å²) in [5.41, 5.74) is 9.21. The van der Waals surface area contributed by atoms with Crippen LogP contribution in [-0.4, -0.2) is 14.6 Å². The minimum absolute atomic E-state index is 0.118. The standard InChI is InChI=1S/C13H18N4/c1-8-7-15-17-11(14)6-10(16-12(8)17)13(2,3)9-4-5-9/h6-7,9H,4-5,14H2,1-3H3. The van der Waals surface area contributed by atoms with Crippen LogP contribution in [-0.2, 0) is 5.41 Å². The van der Waals surface area contributed by atoms with E-state index in [1.807, 2.05) is 19.2 Å². The Kier molecular flexibility index (Phi) is 2.00. The first kappa shape index (κ1) is 10.6. The SMILES string of the molecule is Cc1cnn2c(N)cc(C(C)(C)C3CC3)nc12. The van der Waals surface area contributed by atoms with Crippen molar-refractivity contribution in [3.63, 3.8) is 0 Å². The molecule has 0 spiro atoms. The van der Waals surface area contributed by atoms with Crippen LogP contribution in [0.15, 0.2) is 12.3 Å². The van der Waals surface area contributed by atoms with Crippen molar-refractivity contribution >= 4 is 11.5 Å². The summed E-state index contributed by atoms with van der Waals surface area (Å²) in [4.78, 5) is 4.75. The number of nitrogen functional groups attached to an aromatic ring is 1. The van der Waals surface area contributed by atoms with Gasteiger partial charge in [0.1, 0.15) is 5.82 Å². The van der Waals surface area contributed by atoms with Gasteiger partial charge in [-0.3, -0.25) is 0 Å². The normalized spacial score (nSPS) is 16.6. The van der Waals surface area contributed by atoms with E-state index in [2.05, 4.69) is 18.9 Å². The monoisotopic (exact) mass is 230 g/mol. The van der Waals surface area contributed by atoms with E-state index < -0.39 is 0 Å². The highest BCUT2D eigenvalue weighted by atomic mass is 15.3. The molecule has 2 aromatic heterocycles. The van der Waals surface area contributed by atoms with Crippen molar-refractivity contribution in [3.8, 4) is 0 Å². The zero-order valence-corrected chi connectivity index (χ0v) is 10.6. The molecule has 0 bridgehead atoms. The molecular weight excluding hydrogens is 212 g/mol. The number of nitrogens with two attached hydrogens (primary N) is 1. The quantitative estimate of drug-likeness (QED) is 0.861. The maximum Gasteiger partial charge on any atom is 0.160 e. The molecule has 2 N–H and O–H groups in total. The summed E-state index contributed by atoms with van der Waals surface area (Å²) < 4.78 is 1.71. The number of aryl methyl sites for hydroxylation is 1. The lowest BCUT2D eigenvalue weighted by atomic mass is 9.83. The van der Waals surface area contributed by atoms with Crippen molar-refractivity contribution in [1.82, 2.24) is 14.6 Å². The average molecular weight is 230 g/mol. The fourth-order valence-corrected chi connectivity index (χ4v) is 2.44. The summed E-state index contributed by atoms with van der Waals surface area (Å²) in [5, 5.41) is 4.23. The minimum atomic E-state index is 0.118. The van der Waals surface area contributed by atoms with Gasteiger partial charge in [-0.15, -0.1) is 0 Å². The van der Waals surface area contributed by atoms with E-state index in [9.17, 15) is 0 Å². The summed E-state index contributed by atoms with van der Waals surface area (Å²) in [6.45, 7) is 6.53. The lowest BCUT2D eigenvalue weighted by molar-refractivity contribution is 0.441. The molecule has 90 valence electrons. The molecule has 0 amide bonds. The van der Waals surface area contributed by atoms with E-state index in [1.54, 1.807) is 4.52 Å². The third-order valence-electron chi connectivity index (χ3n) is 3.93. The van der Waals surface area contributed by atoms with E-state index in [1.165, 1.54) is 12.8 Å². The molecule has 0 radical (unpaired) electrons. The molecule has 1 fully saturated rings. The van der Waals surface area contributed by atoms with Gasteiger partial charge in [0.15, 0.2) is 5.65 Å². The zero-order valence-electron chi connectivity index (χ0n) is 10.6. The molecule has 3 rings (SSSR count). The van der Waals surface area contributed by atoms with Gasteiger partial charge in [-0.25, -0.2) is 4.98 Å². The number of rotatable bonds is 2. The maximum atomic E-state index is 6.05. The molecule has 4 nitrogen and oxygen atoms in total. The third-order valence-corrected chi connectivity index (χ3v) is 3.93. The average Bonchev–Trinajstić information content (AvgIpc) is 3.05. The summed E-state index contributed by atoms with van der Waals surface area (Å²) in [7, 11) is 0. The predicted octanol–water partition coefficient (Wildman–Crippen LogP) is 2.31. The van der Waals surface area contributed by atoms with Crippen LogP contribution in [0.3, 0.4) is 0 Å². The topological polar surface area (TPSA) is 56.2 Å². The largest absolute Gasteiger partial charge is 0.384 e. The van der Waals surface area contributed by atoms with E-state index >= 15 is 0 Å². The Morgan fingerprint density at radius 2 is 2.12 bits per heavy atom. The Morgan fingerprint density at radius 3 is 2.76 bits per heavy atom. The molecule has 2 aromatic rings. The highest BCUT2D eigenvalue weighted by Crippen LogP contribution is 2.46. The van der Waals surface area contributed by atoms with Crippen LogP contribution >= 0.6 is 0 Å². The molecule has 2 heterocycles. The molecule has 4 heteroatoms. The fraction of sp³-hybridized carbons (Fsp3) is 0.538. The van der Waals surface area contributed by atoms with E-state index in [0.717, 1.165) is 22.8 Å². The highest BCUT2D eigenvalue weighted by Gasteiger charge is 2.40. The van der Waals surface area contributed by atoms with Crippen LogP contribution in [0.2, 0.25) is 0 Å². The van der Waals surface area contributed by atoms with Gasteiger partial charge in [0.2, 0.25) is 0 Å². The van der Waals surface area contributed by atoms with Crippen LogP contribution < -0.4 is 5.73 Å². The first-order valence-electron chi connectivity index (χ1n) is 6.11. The molecule has 1 aliphatic rings. The van der Waals surface area contributed by atoms with Gasteiger partial charge < -0.3 is 5.73 Å². The molecule has 17 heavy (non-hydrogen) atoms. The summed E-state index contributed by atoms with van der Waals surface area (Å²) >= 11 is 0. The van der Waals surface area contributed by atoms with Crippen molar-refractivity contribution in [1.29, 1.82) is 0 Å². The summed E-state index contributed by atoms with van der Waals surface area (Å²) in [5.74, 6) is 1.42. The van der Waals surface area contributed by atoms with Crippen molar-refractivity contribution in [3.05, 3.63) is 23.5 Å². The van der Waals surface area contributed by atoms with Crippen LogP contribution in [0.25, 0.3) is 5.65 Å². The first-order chi connectivity index (χ1) is 8.00. The molecule has 0 atom stereocenters. The van der Waals surface area contributed by atoms with E-state index in [4.69, 9.17) is 10.7 Å². The predicted molar refractivity (Wildman–Crippen MR) is 67.9 cm³/mol. The lowest BCUT2D eigenvalue weighted by Gasteiger charge is -2.24. The van der Waals surface area contributed by atoms with Crippen LogP contribution in [0.1, 0.15) is 37.9 Å². The Morgan fingerprint density at radius 1 is 1.41 bits per heavy atom. The molecule has 1 saturated carbocycles. The van der Waals surface area contributed by atoms with Gasteiger partial charge >= 0.3 is 0 Å². The van der Waals surface area contributed by atoms with Crippen molar-refractivity contribution in [2.75, 3.05) is 5.73 Å². The Hall–Kier alpha value is -1.58. The third kappa shape index (κ3) is 1.51. The lowest BCUT2D eigenvalue weighted by Crippen LogP contribution is -2.22. The van der Waals surface area contributed by atoms with Gasteiger partial charge in [0, 0.05) is 17.0 Å². The second kappa shape index (κ2) is 3.22. The Bertz CT molecular complexity index is 578.